The van der Waals surface area contributed by atoms with Gasteiger partial charge in [0, 0.05) is 19.1 Å². The van der Waals surface area contributed by atoms with Gasteiger partial charge in [-0.05, 0) is 43.1 Å². The molecule has 0 spiro atoms. The van der Waals surface area contributed by atoms with Crippen LogP contribution in [0.3, 0.4) is 0 Å². The van der Waals surface area contributed by atoms with Crippen molar-refractivity contribution in [1.82, 2.24) is 10.2 Å². The third kappa shape index (κ3) is 3.95. The van der Waals surface area contributed by atoms with E-state index in [1.54, 1.807) is 7.11 Å². The highest BCUT2D eigenvalue weighted by Gasteiger charge is 2.24. The average molecular weight is 262 g/mol. The lowest BCUT2D eigenvalue weighted by molar-refractivity contribution is 0.142. The Morgan fingerprint density at radius 2 is 2.05 bits per heavy atom. The molecule has 1 N–H and O–H groups in total. The molecule has 1 fully saturated rings. The highest BCUT2D eigenvalue weighted by atomic mass is 16.5. The van der Waals surface area contributed by atoms with Crippen LogP contribution in [0.1, 0.15) is 25.8 Å². The largest absolute Gasteiger partial charge is 0.497 e. The number of benzene rings is 1. The summed E-state index contributed by atoms with van der Waals surface area (Å²) in [6.07, 6.45) is 1.26. The number of hydrogen-bond donors (Lipinski definition) is 1. The molecule has 1 aromatic rings. The van der Waals surface area contributed by atoms with E-state index in [0.717, 1.165) is 24.8 Å². The first-order valence-corrected chi connectivity index (χ1v) is 7.31. The summed E-state index contributed by atoms with van der Waals surface area (Å²) in [5.41, 5.74) is 1.37. The van der Waals surface area contributed by atoms with E-state index in [-0.39, 0.29) is 0 Å². The fourth-order valence-corrected chi connectivity index (χ4v) is 2.93. The molecule has 2 rings (SSSR count). The van der Waals surface area contributed by atoms with Gasteiger partial charge in [-0.15, -0.1) is 0 Å². The van der Waals surface area contributed by atoms with Crippen LogP contribution >= 0.6 is 0 Å². The molecule has 1 aliphatic rings. The Labute approximate surface area is 116 Å². The zero-order valence-corrected chi connectivity index (χ0v) is 12.4. The van der Waals surface area contributed by atoms with E-state index >= 15 is 0 Å². The van der Waals surface area contributed by atoms with E-state index < -0.39 is 0 Å². The lowest BCUT2D eigenvalue weighted by Crippen LogP contribution is -2.47. The fourth-order valence-electron chi connectivity index (χ4n) is 2.93. The van der Waals surface area contributed by atoms with Crippen LogP contribution in [0.25, 0.3) is 0 Å². The first-order valence-electron chi connectivity index (χ1n) is 7.31. The van der Waals surface area contributed by atoms with Gasteiger partial charge in [0.15, 0.2) is 0 Å². The standard InChI is InChI=1S/C16H26N2O/c1-4-17-16-9-10-18(11-13(16)2)12-14-5-7-15(19-3)8-6-14/h5-8,13,16-17H,4,9-12H2,1-3H3. The van der Waals surface area contributed by atoms with Crippen molar-refractivity contribution in [2.75, 3.05) is 26.7 Å². The first kappa shape index (κ1) is 14.4. The highest BCUT2D eigenvalue weighted by molar-refractivity contribution is 5.27. The molecule has 1 aliphatic heterocycles. The molecule has 0 aliphatic carbocycles. The van der Waals surface area contributed by atoms with E-state index in [0.29, 0.717) is 6.04 Å². The number of likely N-dealkylation sites (tertiary alicyclic amines) is 1. The van der Waals surface area contributed by atoms with E-state index in [4.69, 9.17) is 4.74 Å². The minimum atomic E-state index is 0.692. The predicted octanol–water partition coefficient (Wildman–Crippen LogP) is 2.52. The molecular formula is C16H26N2O. The smallest absolute Gasteiger partial charge is 0.118 e. The summed E-state index contributed by atoms with van der Waals surface area (Å²) in [7, 11) is 1.71. The minimum absolute atomic E-state index is 0.692. The molecule has 0 radical (unpaired) electrons. The SMILES string of the molecule is CCNC1CCN(Cc2ccc(OC)cc2)CC1C. The van der Waals surface area contributed by atoms with Crippen LogP contribution in [0.4, 0.5) is 0 Å². The maximum atomic E-state index is 5.20. The van der Waals surface area contributed by atoms with Crippen molar-refractivity contribution in [2.45, 2.75) is 32.9 Å². The Morgan fingerprint density at radius 3 is 2.63 bits per heavy atom. The van der Waals surface area contributed by atoms with E-state index in [2.05, 4.69) is 36.2 Å². The second kappa shape index (κ2) is 6.92. The molecule has 0 bridgehead atoms. The number of ether oxygens (including phenoxy) is 1. The van der Waals surface area contributed by atoms with Crippen molar-refractivity contribution >= 4 is 0 Å². The van der Waals surface area contributed by atoms with Crippen molar-refractivity contribution < 1.29 is 4.74 Å². The zero-order chi connectivity index (χ0) is 13.7. The molecule has 0 aromatic heterocycles. The van der Waals surface area contributed by atoms with Gasteiger partial charge < -0.3 is 10.1 Å². The summed E-state index contributed by atoms with van der Waals surface area (Å²) in [4.78, 5) is 2.56. The summed E-state index contributed by atoms with van der Waals surface area (Å²) in [6, 6.07) is 9.12. The minimum Gasteiger partial charge on any atom is -0.497 e. The molecule has 3 nitrogen and oxygen atoms in total. The molecule has 106 valence electrons. The summed E-state index contributed by atoms with van der Waals surface area (Å²) in [5.74, 6) is 1.66. The second-order valence-corrected chi connectivity index (χ2v) is 5.51. The first-order chi connectivity index (χ1) is 9.22. The lowest BCUT2D eigenvalue weighted by Gasteiger charge is -2.37. The van der Waals surface area contributed by atoms with Gasteiger partial charge in [0.1, 0.15) is 5.75 Å². The van der Waals surface area contributed by atoms with Gasteiger partial charge in [-0.2, -0.15) is 0 Å². The van der Waals surface area contributed by atoms with Gasteiger partial charge in [-0.1, -0.05) is 26.0 Å². The normalized spacial score (nSPS) is 24.4. The van der Waals surface area contributed by atoms with Gasteiger partial charge in [-0.25, -0.2) is 0 Å². The van der Waals surface area contributed by atoms with Crippen molar-refractivity contribution in [2.24, 2.45) is 5.92 Å². The molecule has 2 unspecified atom stereocenters. The van der Waals surface area contributed by atoms with Gasteiger partial charge in [-0.3, -0.25) is 4.90 Å². The number of nitrogens with one attached hydrogen (secondary N) is 1. The van der Waals surface area contributed by atoms with E-state index in [9.17, 15) is 0 Å². The summed E-state index contributed by atoms with van der Waals surface area (Å²) < 4.78 is 5.20. The summed E-state index contributed by atoms with van der Waals surface area (Å²) in [6.45, 7) is 9.04. The third-order valence-electron chi connectivity index (χ3n) is 4.02. The molecule has 1 aromatic carbocycles. The van der Waals surface area contributed by atoms with Gasteiger partial charge in [0.05, 0.1) is 7.11 Å². The Hall–Kier alpha value is -1.06. The van der Waals surface area contributed by atoms with Crippen LogP contribution in [0.5, 0.6) is 5.75 Å². The van der Waals surface area contributed by atoms with Crippen LogP contribution in [-0.2, 0) is 6.54 Å². The molecule has 1 heterocycles. The molecule has 2 atom stereocenters. The van der Waals surface area contributed by atoms with Crippen molar-refractivity contribution in [3.63, 3.8) is 0 Å². The molecule has 19 heavy (non-hydrogen) atoms. The predicted molar refractivity (Wildman–Crippen MR) is 79.5 cm³/mol. The second-order valence-electron chi connectivity index (χ2n) is 5.51. The molecule has 0 saturated carbocycles. The number of hydrogen-bond acceptors (Lipinski definition) is 3. The Morgan fingerprint density at radius 1 is 1.32 bits per heavy atom. The Kier molecular flexibility index (Phi) is 5.23. The number of nitrogens with zero attached hydrogens (tertiary/aromatic N) is 1. The summed E-state index contributed by atoms with van der Waals surface area (Å²) >= 11 is 0. The maximum absolute atomic E-state index is 5.20. The van der Waals surface area contributed by atoms with Gasteiger partial charge in [0.2, 0.25) is 0 Å². The fraction of sp³-hybridized carbons (Fsp3) is 0.625. The molecule has 0 amide bonds. The van der Waals surface area contributed by atoms with Crippen molar-refractivity contribution in [1.29, 1.82) is 0 Å². The monoisotopic (exact) mass is 262 g/mol. The molecular weight excluding hydrogens is 236 g/mol. The number of methoxy groups -OCH3 is 1. The summed E-state index contributed by atoms with van der Waals surface area (Å²) in [5, 5.41) is 3.59. The quantitative estimate of drug-likeness (QED) is 0.882. The highest BCUT2D eigenvalue weighted by Crippen LogP contribution is 2.20. The van der Waals surface area contributed by atoms with E-state index in [1.807, 2.05) is 12.1 Å². The van der Waals surface area contributed by atoms with Crippen LogP contribution in [0, 0.1) is 5.92 Å². The van der Waals surface area contributed by atoms with Crippen LogP contribution in [-0.4, -0.2) is 37.7 Å². The molecule has 3 heteroatoms. The molecule has 1 saturated heterocycles. The van der Waals surface area contributed by atoms with Gasteiger partial charge >= 0.3 is 0 Å². The average Bonchev–Trinajstić information content (AvgIpc) is 2.43. The number of rotatable bonds is 5. The Balaban J connectivity index is 1.86. The zero-order valence-electron chi connectivity index (χ0n) is 12.4. The van der Waals surface area contributed by atoms with Crippen LogP contribution in [0.2, 0.25) is 0 Å². The third-order valence-corrected chi connectivity index (χ3v) is 4.02. The Bertz CT molecular complexity index is 377. The topological polar surface area (TPSA) is 24.5 Å². The van der Waals surface area contributed by atoms with E-state index in [1.165, 1.54) is 25.1 Å². The van der Waals surface area contributed by atoms with Crippen molar-refractivity contribution in [3.8, 4) is 5.75 Å². The van der Waals surface area contributed by atoms with Crippen LogP contribution < -0.4 is 10.1 Å². The van der Waals surface area contributed by atoms with Gasteiger partial charge in [0.25, 0.3) is 0 Å². The van der Waals surface area contributed by atoms with Crippen LogP contribution in [0.15, 0.2) is 24.3 Å². The van der Waals surface area contributed by atoms with Crippen molar-refractivity contribution in [3.05, 3.63) is 29.8 Å². The lowest BCUT2D eigenvalue weighted by atomic mass is 9.93. The number of piperidine rings is 1. The maximum Gasteiger partial charge on any atom is 0.118 e.